The first-order chi connectivity index (χ1) is 12.7. The number of nitrogens with one attached hydrogen (secondary N) is 1. The summed E-state index contributed by atoms with van der Waals surface area (Å²) in [6, 6.07) is 15.1. The fourth-order valence-corrected chi connectivity index (χ4v) is 6.09. The van der Waals surface area contributed by atoms with Crippen LogP contribution in [0.5, 0.6) is 0 Å². The Bertz CT molecular complexity index is 842. The summed E-state index contributed by atoms with van der Waals surface area (Å²) >= 11 is 3.10. The number of nitrogens with zero attached hydrogens (tertiary/aromatic N) is 1. The summed E-state index contributed by atoms with van der Waals surface area (Å²) in [5.74, 6) is 0.0463. The van der Waals surface area contributed by atoms with Crippen LogP contribution < -0.4 is 9.67 Å². The minimum absolute atomic E-state index is 0.0463. The molecule has 0 radical (unpaired) electrons. The molecule has 1 N–H and O–H groups in total. The monoisotopic (exact) mass is 472 g/mol. The van der Waals surface area contributed by atoms with Gasteiger partial charge < -0.3 is 0 Å². The predicted molar refractivity (Wildman–Crippen MR) is 112 cm³/mol. The van der Waals surface area contributed by atoms with Crippen LogP contribution in [0.15, 0.2) is 51.8 Å². The molecule has 0 saturated carbocycles. The molecule has 1 amide bonds. The molecule has 1 unspecified atom stereocenters. The predicted octanol–water partition coefficient (Wildman–Crippen LogP) is 2.78. The summed E-state index contributed by atoms with van der Waals surface area (Å²) in [6.45, 7) is 4.11. The number of amides is 1. The fourth-order valence-electron chi connectivity index (χ4n) is 3.58. The summed E-state index contributed by atoms with van der Waals surface area (Å²) in [7, 11) is 0. The average molecular weight is 473 g/mol. The minimum atomic E-state index is -0.493. The van der Waals surface area contributed by atoms with E-state index < -0.39 is 15.8 Å². The van der Waals surface area contributed by atoms with Crippen LogP contribution in [-0.4, -0.2) is 39.6 Å². The summed E-state index contributed by atoms with van der Waals surface area (Å²) in [5.41, 5.74) is 4.46. The van der Waals surface area contributed by atoms with Crippen LogP contribution in [0.4, 0.5) is 0 Å². The third-order valence-electron chi connectivity index (χ3n) is 5.02. The van der Waals surface area contributed by atoms with Gasteiger partial charge in [-0.3, -0.25) is 0 Å². The van der Waals surface area contributed by atoms with Crippen molar-refractivity contribution in [2.24, 2.45) is 0 Å². The van der Waals surface area contributed by atoms with Gasteiger partial charge in [0.25, 0.3) is 0 Å². The van der Waals surface area contributed by atoms with Crippen LogP contribution in [-0.2, 0) is 17.9 Å². The van der Waals surface area contributed by atoms with Crippen LogP contribution in [0.25, 0.3) is 5.57 Å². The molecule has 0 bridgehead atoms. The van der Waals surface area contributed by atoms with Crippen LogP contribution in [0.1, 0.15) is 29.5 Å². The number of rotatable bonds is 4. The summed E-state index contributed by atoms with van der Waals surface area (Å²) in [6.07, 6.45) is 2.66. The van der Waals surface area contributed by atoms with Crippen molar-refractivity contribution in [2.45, 2.75) is 25.9 Å². The average Bonchev–Trinajstić information content (AvgIpc) is 3.15. The van der Waals surface area contributed by atoms with Gasteiger partial charge in [-0.25, -0.2) is 0 Å². The zero-order valence-corrected chi connectivity index (χ0v) is 18.3. The van der Waals surface area contributed by atoms with Gasteiger partial charge in [-0.15, -0.1) is 0 Å². The number of carbonyl (C=O) groups is 1. The number of halogens is 1. The van der Waals surface area contributed by atoms with Gasteiger partial charge >= 0.3 is 170 Å². The Morgan fingerprint density at radius 2 is 1.88 bits per heavy atom. The van der Waals surface area contributed by atoms with Crippen molar-refractivity contribution in [3.63, 3.8) is 0 Å². The summed E-state index contributed by atoms with van der Waals surface area (Å²) < 4.78 is 2.42. The molecule has 2 heterocycles. The molecule has 0 spiro atoms. The van der Waals surface area contributed by atoms with Crippen molar-refractivity contribution >= 4 is 47.5 Å². The Morgan fingerprint density at radius 3 is 2.65 bits per heavy atom. The quantitative estimate of drug-likeness (QED) is 0.548. The SMILES string of the molecule is O=C1NCc2c(Br)cccc2/C1=C\[AsH]c1ccc(CN2CCCC2)cc1. The Morgan fingerprint density at radius 1 is 1.12 bits per heavy atom. The second-order valence-corrected chi connectivity index (χ2v) is 10.1. The first-order valence-electron chi connectivity index (χ1n) is 9.05. The topological polar surface area (TPSA) is 32.3 Å². The maximum atomic E-state index is 12.4. The molecule has 2 aromatic rings. The van der Waals surface area contributed by atoms with Crippen molar-refractivity contribution in [1.29, 1.82) is 0 Å². The van der Waals surface area contributed by atoms with E-state index in [0.717, 1.165) is 22.2 Å². The van der Waals surface area contributed by atoms with E-state index >= 15 is 0 Å². The molecule has 2 aliphatic heterocycles. The molecule has 26 heavy (non-hydrogen) atoms. The van der Waals surface area contributed by atoms with Gasteiger partial charge in [-0.2, -0.15) is 0 Å². The van der Waals surface area contributed by atoms with Gasteiger partial charge in [-0.1, -0.05) is 0 Å². The van der Waals surface area contributed by atoms with Crippen LogP contribution in [0.2, 0.25) is 0 Å². The second kappa shape index (κ2) is 8.12. The second-order valence-electron chi connectivity index (χ2n) is 6.83. The number of fused-ring (bicyclic) bond motifs is 1. The molecule has 1 saturated heterocycles. The van der Waals surface area contributed by atoms with Crippen LogP contribution in [0.3, 0.4) is 0 Å². The van der Waals surface area contributed by atoms with Gasteiger partial charge in [0, 0.05) is 0 Å². The van der Waals surface area contributed by atoms with E-state index in [1.54, 1.807) is 0 Å². The van der Waals surface area contributed by atoms with Gasteiger partial charge in [0.2, 0.25) is 0 Å². The number of likely N-dealkylation sites (tertiary alicyclic amines) is 1. The summed E-state index contributed by atoms with van der Waals surface area (Å²) in [4.78, 5) is 17.1. The zero-order chi connectivity index (χ0) is 17.9. The fraction of sp³-hybridized carbons (Fsp3) is 0.286. The van der Waals surface area contributed by atoms with E-state index in [0.29, 0.717) is 6.54 Å². The molecule has 5 heteroatoms. The normalized spacial score (nSPS) is 19.3. The molecular weight excluding hydrogens is 451 g/mol. The number of hydrogen-bond acceptors (Lipinski definition) is 2. The van der Waals surface area contributed by atoms with Gasteiger partial charge in [-0.05, 0) is 0 Å². The number of carbonyl (C=O) groups excluding carboxylic acids is 1. The summed E-state index contributed by atoms with van der Waals surface area (Å²) in [5, 5.41) is 2.99. The van der Waals surface area contributed by atoms with Gasteiger partial charge in [0.15, 0.2) is 0 Å². The Labute approximate surface area is 169 Å². The Balaban J connectivity index is 1.49. The molecule has 1 atom stereocenters. The number of benzene rings is 2. The van der Waals surface area contributed by atoms with Gasteiger partial charge in [0.05, 0.1) is 0 Å². The molecule has 2 aromatic carbocycles. The van der Waals surface area contributed by atoms with Crippen molar-refractivity contribution in [2.75, 3.05) is 13.1 Å². The molecule has 4 rings (SSSR count). The number of hydrogen-bond donors (Lipinski definition) is 1. The first-order valence-corrected chi connectivity index (χ1v) is 12.1. The zero-order valence-electron chi connectivity index (χ0n) is 14.6. The van der Waals surface area contributed by atoms with E-state index in [1.165, 1.54) is 41.4 Å². The molecular formula is C21H22AsBrN2O. The third-order valence-corrected chi connectivity index (χ3v) is 8.07. The third kappa shape index (κ3) is 3.98. The molecule has 1 fully saturated rings. The van der Waals surface area contributed by atoms with Gasteiger partial charge in [0.1, 0.15) is 0 Å². The van der Waals surface area contributed by atoms with E-state index in [-0.39, 0.29) is 5.91 Å². The van der Waals surface area contributed by atoms with Crippen molar-refractivity contribution < 1.29 is 4.79 Å². The van der Waals surface area contributed by atoms with Crippen molar-refractivity contribution in [1.82, 2.24) is 10.2 Å². The van der Waals surface area contributed by atoms with E-state index in [4.69, 9.17) is 0 Å². The maximum absolute atomic E-state index is 12.4. The standard InChI is InChI=1S/C21H22AsBrN2O/c23-20-5-3-4-17-18(21(26)24-13-19(17)20)12-22-16-8-6-15(7-9-16)14-25-10-1-2-11-25/h3-9,12,22H,1-2,10-11,13-14H2,(H,24,26)/b18-12+. The molecule has 0 aromatic heterocycles. The van der Waals surface area contributed by atoms with E-state index in [2.05, 4.69) is 61.3 Å². The van der Waals surface area contributed by atoms with Crippen LogP contribution in [0, 0.1) is 0 Å². The molecule has 2 aliphatic rings. The Hall–Kier alpha value is -1.35. The molecule has 0 aliphatic carbocycles. The van der Waals surface area contributed by atoms with E-state index in [1.807, 2.05) is 12.1 Å². The van der Waals surface area contributed by atoms with Crippen molar-refractivity contribution in [3.8, 4) is 0 Å². The van der Waals surface area contributed by atoms with Crippen molar-refractivity contribution in [3.05, 3.63) is 68.5 Å². The van der Waals surface area contributed by atoms with E-state index in [9.17, 15) is 4.79 Å². The molecule has 134 valence electrons. The Kier molecular flexibility index (Phi) is 5.63. The first kappa shape index (κ1) is 18.0. The molecule has 3 nitrogen and oxygen atoms in total. The van der Waals surface area contributed by atoms with Crippen LogP contribution >= 0.6 is 15.9 Å².